The number of benzene rings is 8. The summed E-state index contributed by atoms with van der Waals surface area (Å²) >= 11 is 0. The Morgan fingerprint density at radius 3 is 1.85 bits per heavy atom. The summed E-state index contributed by atoms with van der Waals surface area (Å²) in [6.07, 6.45) is 1.81. The lowest BCUT2D eigenvalue weighted by Gasteiger charge is -2.12. The summed E-state index contributed by atoms with van der Waals surface area (Å²) in [4.78, 5) is 14.9. The number of hydrogen-bond acceptors (Lipinski definition) is 3. The molecule has 55 heavy (non-hydrogen) atoms. The van der Waals surface area contributed by atoms with E-state index in [0.717, 1.165) is 39.1 Å². The second kappa shape index (κ2) is 12.6. The Kier molecular flexibility index (Phi) is 7.14. The molecular weight excluding hydrogens is 669 g/mol. The van der Waals surface area contributed by atoms with E-state index in [2.05, 4.69) is 180 Å². The Balaban J connectivity index is 1.06. The topological polar surface area (TPSA) is 43.6 Å². The molecule has 0 aliphatic carbocycles. The van der Waals surface area contributed by atoms with Crippen molar-refractivity contribution in [2.45, 2.75) is 0 Å². The number of nitrogens with zero attached hydrogens (tertiary/aromatic N) is 4. The molecule has 256 valence electrons. The molecule has 0 spiro atoms. The van der Waals surface area contributed by atoms with Gasteiger partial charge in [0.25, 0.3) is 0 Å². The van der Waals surface area contributed by atoms with Crippen molar-refractivity contribution in [1.82, 2.24) is 19.5 Å². The minimum absolute atomic E-state index is 0.671. The van der Waals surface area contributed by atoms with Crippen LogP contribution in [0.1, 0.15) is 0 Å². The maximum absolute atomic E-state index is 5.16. The van der Waals surface area contributed by atoms with Crippen LogP contribution in [0.5, 0.6) is 0 Å². The maximum atomic E-state index is 5.16. The number of hydrogen-bond donors (Lipinski definition) is 0. The quantitative estimate of drug-likeness (QED) is 0.179. The molecule has 3 heterocycles. The molecule has 11 aromatic rings. The lowest BCUT2D eigenvalue weighted by atomic mass is 9.96. The van der Waals surface area contributed by atoms with E-state index in [1.807, 2.05) is 18.3 Å². The Morgan fingerprint density at radius 1 is 0.400 bits per heavy atom. The molecule has 0 atom stereocenters. The van der Waals surface area contributed by atoms with Gasteiger partial charge in [-0.3, -0.25) is 4.98 Å². The Morgan fingerprint density at radius 2 is 1.05 bits per heavy atom. The van der Waals surface area contributed by atoms with Crippen LogP contribution in [-0.4, -0.2) is 19.5 Å². The summed E-state index contributed by atoms with van der Waals surface area (Å²) in [6.45, 7) is 0. The highest BCUT2D eigenvalue weighted by atomic mass is 15.0. The lowest BCUT2D eigenvalue weighted by molar-refractivity contribution is 1.17. The van der Waals surface area contributed by atoms with Gasteiger partial charge in [-0.2, -0.15) is 0 Å². The third-order valence-corrected chi connectivity index (χ3v) is 10.8. The molecule has 0 unspecified atom stereocenters. The first-order chi connectivity index (χ1) is 27.2. The van der Waals surface area contributed by atoms with Crippen molar-refractivity contribution < 1.29 is 0 Å². The minimum Gasteiger partial charge on any atom is -0.309 e. The third kappa shape index (κ3) is 5.26. The van der Waals surface area contributed by atoms with Crippen LogP contribution in [0.4, 0.5) is 0 Å². The maximum Gasteiger partial charge on any atom is 0.160 e. The summed E-state index contributed by atoms with van der Waals surface area (Å²) in [6, 6.07) is 67.0. The van der Waals surface area contributed by atoms with Crippen molar-refractivity contribution >= 4 is 54.4 Å². The average Bonchev–Trinajstić information content (AvgIpc) is 3.58. The molecule has 0 amide bonds. The molecule has 8 aromatic carbocycles. The van der Waals surface area contributed by atoms with Crippen molar-refractivity contribution in [2.24, 2.45) is 0 Å². The molecule has 0 saturated heterocycles. The second-order valence-electron chi connectivity index (χ2n) is 14.1. The third-order valence-electron chi connectivity index (χ3n) is 10.8. The Hall–Kier alpha value is -7.43. The smallest absolute Gasteiger partial charge is 0.160 e. The van der Waals surface area contributed by atoms with Crippen molar-refractivity contribution in [3.63, 3.8) is 0 Å². The molecule has 11 rings (SSSR count). The van der Waals surface area contributed by atoms with Crippen LogP contribution < -0.4 is 0 Å². The highest BCUT2D eigenvalue weighted by molar-refractivity contribution is 6.18. The zero-order valence-electron chi connectivity index (χ0n) is 29.8. The van der Waals surface area contributed by atoms with Crippen LogP contribution in [0.3, 0.4) is 0 Å². The monoisotopic (exact) mass is 700 g/mol. The van der Waals surface area contributed by atoms with E-state index in [9.17, 15) is 0 Å². The SMILES string of the molecule is c1ccc(-c2ccc(-c3cccc4c3c3cc5ccccc5cc3n4-c3ccc(-c4nc(-c5ccc6ccccc6c5)c5ncccc5n4)cc3)cc2)cc1. The van der Waals surface area contributed by atoms with Crippen LogP contribution in [0.2, 0.25) is 0 Å². The van der Waals surface area contributed by atoms with Gasteiger partial charge in [-0.05, 0) is 104 Å². The molecule has 4 nitrogen and oxygen atoms in total. The molecule has 0 aliphatic rings. The van der Waals surface area contributed by atoms with Gasteiger partial charge in [0.05, 0.1) is 16.6 Å². The fourth-order valence-corrected chi connectivity index (χ4v) is 8.14. The van der Waals surface area contributed by atoms with Gasteiger partial charge in [-0.25, -0.2) is 9.97 Å². The first kappa shape index (κ1) is 31.1. The van der Waals surface area contributed by atoms with Gasteiger partial charge in [0, 0.05) is 33.8 Å². The van der Waals surface area contributed by atoms with E-state index >= 15 is 0 Å². The molecule has 0 bridgehead atoms. The Bertz CT molecular complexity index is 3240. The highest BCUT2D eigenvalue weighted by Gasteiger charge is 2.18. The van der Waals surface area contributed by atoms with Gasteiger partial charge in [0.15, 0.2) is 5.82 Å². The first-order valence-electron chi connectivity index (χ1n) is 18.6. The van der Waals surface area contributed by atoms with E-state index in [4.69, 9.17) is 15.0 Å². The molecule has 0 saturated carbocycles. The summed E-state index contributed by atoms with van der Waals surface area (Å²) in [5.74, 6) is 0.671. The zero-order chi connectivity index (χ0) is 36.3. The van der Waals surface area contributed by atoms with Gasteiger partial charge in [0.1, 0.15) is 11.2 Å². The van der Waals surface area contributed by atoms with Crippen LogP contribution in [0, 0.1) is 0 Å². The van der Waals surface area contributed by atoms with Gasteiger partial charge in [-0.15, -0.1) is 0 Å². The standard InChI is InChI=1S/C51H32N4/c1-2-10-33(11-3-1)35-19-22-36(23-20-35)43-16-8-18-46-48(43)44-31-39-14-6-7-15-40(39)32-47(44)55(46)42-27-25-37(26-28-42)51-53-45-17-9-29-52-50(45)49(54-51)41-24-21-34-12-4-5-13-38(34)30-41/h1-32H. The molecule has 0 radical (unpaired) electrons. The zero-order valence-corrected chi connectivity index (χ0v) is 29.8. The normalized spacial score (nSPS) is 11.6. The van der Waals surface area contributed by atoms with E-state index in [0.29, 0.717) is 5.82 Å². The number of rotatable bonds is 5. The summed E-state index contributed by atoms with van der Waals surface area (Å²) in [5, 5.41) is 7.27. The predicted octanol–water partition coefficient (Wildman–Crippen LogP) is 13.1. The number of fused-ring (bicyclic) bond motifs is 6. The van der Waals surface area contributed by atoms with Crippen LogP contribution >= 0.6 is 0 Å². The minimum atomic E-state index is 0.671. The molecule has 3 aromatic heterocycles. The van der Waals surface area contributed by atoms with Gasteiger partial charge in [0.2, 0.25) is 0 Å². The fourth-order valence-electron chi connectivity index (χ4n) is 8.14. The van der Waals surface area contributed by atoms with Crippen molar-refractivity contribution in [2.75, 3.05) is 0 Å². The van der Waals surface area contributed by atoms with E-state index in [-0.39, 0.29) is 0 Å². The average molecular weight is 701 g/mol. The predicted molar refractivity (Wildman–Crippen MR) is 228 cm³/mol. The first-order valence-corrected chi connectivity index (χ1v) is 18.6. The van der Waals surface area contributed by atoms with Gasteiger partial charge >= 0.3 is 0 Å². The number of aromatic nitrogens is 4. The molecular formula is C51H32N4. The summed E-state index contributed by atoms with van der Waals surface area (Å²) in [5.41, 5.74) is 12.6. The number of pyridine rings is 1. The van der Waals surface area contributed by atoms with Crippen molar-refractivity contribution in [3.8, 4) is 50.6 Å². The lowest BCUT2D eigenvalue weighted by Crippen LogP contribution is -1.98. The summed E-state index contributed by atoms with van der Waals surface area (Å²) < 4.78 is 2.40. The highest BCUT2D eigenvalue weighted by Crippen LogP contribution is 2.41. The van der Waals surface area contributed by atoms with Gasteiger partial charge < -0.3 is 4.57 Å². The van der Waals surface area contributed by atoms with Crippen LogP contribution in [-0.2, 0) is 0 Å². The van der Waals surface area contributed by atoms with Crippen molar-refractivity contribution in [3.05, 3.63) is 194 Å². The molecule has 0 N–H and O–H groups in total. The Labute approximate surface area is 317 Å². The molecule has 0 aliphatic heterocycles. The second-order valence-corrected chi connectivity index (χ2v) is 14.1. The largest absolute Gasteiger partial charge is 0.309 e. The van der Waals surface area contributed by atoms with Crippen LogP contribution in [0.25, 0.3) is 105 Å². The molecule has 0 fully saturated rings. The van der Waals surface area contributed by atoms with E-state index in [1.165, 1.54) is 60.1 Å². The van der Waals surface area contributed by atoms with Gasteiger partial charge in [-0.1, -0.05) is 127 Å². The fraction of sp³-hybridized carbons (Fsp3) is 0. The van der Waals surface area contributed by atoms with Crippen molar-refractivity contribution in [1.29, 1.82) is 0 Å². The summed E-state index contributed by atoms with van der Waals surface area (Å²) in [7, 11) is 0. The van der Waals surface area contributed by atoms with E-state index in [1.54, 1.807) is 0 Å². The van der Waals surface area contributed by atoms with Crippen LogP contribution in [0.15, 0.2) is 194 Å². The van der Waals surface area contributed by atoms with E-state index < -0.39 is 0 Å². The molecule has 4 heteroatoms.